The maximum Gasteiger partial charge on any atom is 0.414 e. The van der Waals surface area contributed by atoms with Gasteiger partial charge in [0.25, 0.3) is 0 Å². The van der Waals surface area contributed by atoms with Crippen molar-refractivity contribution in [3.05, 3.63) is 60.7 Å². The molecular formula is C20H19FN6O3S. The SMILES string of the molecule is CC(=O)NCC1COC(=O)N1c1ccc(-n2cnc(CSc3ncccn3)c2)c(F)c1. The van der Waals surface area contributed by atoms with Crippen molar-refractivity contribution in [2.45, 2.75) is 23.9 Å². The number of carbonyl (C=O) groups excluding carboxylic acids is 2. The maximum absolute atomic E-state index is 14.9. The lowest BCUT2D eigenvalue weighted by atomic mass is 10.2. The lowest BCUT2D eigenvalue weighted by Crippen LogP contribution is -2.42. The van der Waals surface area contributed by atoms with Gasteiger partial charge in [0.15, 0.2) is 5.16 Å². The predicted octanol–water partition coefficient (Wildman–Crippen LogP) is 2.56. The van der Waals surface area contributed by atoms with Gasteiger partial charge in [-0.25, -0.2) is 24.1 Å². The van der Waals surface area contributed by atoms with E-state index in [1.807, 2.05) is 0 Å². The zero-order valence-electron chi connectivity index (χ0n) is 16.6. The number of nitrogens with one attached hydrogen (secondary N) is 1. The van der Waals surface area contributed by atoms with Crippen molar-refractivity contribution in [1.29, 1.82) is 0 Å². The molecule has 4 rings (SSSR count). The molecule has 0 spiro atoms. The summed E-state index contributed by atoms with van der Waals surface area (Å²) in [7, 11) is 0. The third-order valence-corrected chi connectivity index (χ3v) is 5.47. The summed E-state index contributed by atoms with van der Waals surface area (Å²) in [6.45, 7) is 1.73. The van der Waals surface area contributed by atoms with E-state index in [0.717, 1.165) is 5.69 Å². The highest BCUT2D eigenvalue weighted by molar-refractivity contribution is 7.98. The molecule has 160 valence electrons. The van der Waals surface area contributed by atoms with Gasteiger partial charge < -0.3 is 14.6 Å². The van der Waals surface area contributed by atoms with Crippen LogP contribution < -0.4 is 10.2 Å². The number of carbonyl (C=O) groups is 2. The minimum atomic E-state index is -0.576. The van der Waals surface area contributed by atoms with Crippen LogP contribution in [0.5, 0.6) is 0 Å². The zero-order valence-corrected chi connectivity index (χ0v) is 17.4. The minimum absolute atomic E-state index is 0.121. The smallest absolute Gasteiger partial charge is 0.414 e. The Morgan fingerprint density at radius 3 is 2.87 bits per heavy atom. The minimum Gasteiger partial charge on any atom is -0.447 e. The fourth-order valence-electron chi connectivity index (χ4n) is 3.11. The first-order valence-corrected chi connectivity index (χ1v) is 10.4. The first-order valence-electron chi connectivity index (χ1n) is 9.44. The molecular weight excluding hydrogens is 423 g/mol. The van der Waals surface area contributed by atoms with E-state index >= 15 is 0 Å². The van der Waals surface area contributed by atoms with Crippen molar-refractivity contribution in [3.63, 3.8) is 0 Å². The Kier molecular flexibility index (Phi) is 6.12. The van der Waals surface area contributed by atoms with Crippen molar-refractivity contribution < 1.29 is 18.7 Å². The summed E-state index contributed by atoms with van der Waals surface area (Å²) in [5.74, 6) is -0.187. The predicted molar refractivity (Wildman–Crippen MR) is 111 cm³/mol. The Balaban J connectivity index is 1.48. The number of thioether (sulfide) groups is 1. The largest absolute Gasteiger partial charge is 0.447 e. The van der Waals surface area contributed by atoms with Gasteiger partial charge in [0, 0.05) is 37.8 Å². The Labute approximate surface area is 181 Å². The van der Waals surface area contributed by atoms with E-state index in [4.69, 9.17) is 4.74 Å². The lowest BCUT2D eigenvalue weighted by molar-refractivity contribution is -0.119. The van der Waals surface area contributed by atoms with Crippen LogP contribution in [0.15, 0.2) is 54.3 Å². The molecule has 31 heavy (non-hydrogen) atoms. The molecule has 0 bridgehead atoms. The number of hydrogen-bond donors (Lipinski definition) is 1. The van der Waals surface area contributed by atoms with Gasteiger partial charge in [0.1, 0.15) is 12.4 Å². The summed E-state index contributed by atoms with van der Waals surface area (Å²) in [6, 6.07) is 5.82. The quantitative estimate of drug-likeness (QED) is 0.443. The molecule has 0 aliphatic carbocycles. The number of amides is 2. The van der Waals surface area contributed by atoms with E-state index in [-0.39, 0.29) is 19.1 Å². The number of nitrogens with zero attached hydrogens (tertiary/aromatic N) is 5. The van der Waals surface area contributed by atoms with Gasteiger partial charge in [-0.1, -0.05) is 11.8 Å². The molecule has 1 saturated heterocycles. The average Bonchev–Trinajstić information content (AvgIpc) is 3.38. The van der Waals surface area contributed by atoms with Crippen molar-refractivity contribution in [2.24, 2.45) is 0 Å². The molecule has 3 heterocycles. The molecule has 0 radical (unpaired) electrons. The summed E-state index contributed by atoms with van der Waals surface area (Å²) in [5, 5.41) is 3.29. The van der Waals surface area contributed by atoms with Crippen LogP contribution in [0.1, 0.15) is 12.6 Å². The molecule has 2 aromatic heterocycles. The van der Waals surface area contributed by atoms with Crippen LogP contribution in [0.25, 0.3) is 5.69 Å². The molecule has 9 nitrogen and oxygen atoms in total. The molecule has 1 aliphatic rings. The van der Waals surface area contributed by atoms with Crippen LogP contribution in [-0.2, 0) is 15.3 Å². The van der Waals surface area contributed by atoms with Gasteiger partial charge in [-0.05, 0) is 24.3 Å². The monoisotopic (exact) mass is 442 g/mol. The highest BCUT2D eigenvalue weighted by Gasteiger charge is 2.34. The molecule has 2 amide bonds. The Hall–Kier alpha value is -3.47. The van der Waals surface area contributed by atoms with Crippen LogP contribution in [0.3, 0.4) is 0 Å². The summed E-state index contributed by atoms with van der Waals surface area (Å²) in [5.41, 5.74) is 1.41. The van der Waals surface area contributed by atoms with Crippen LogP contribution in [0.4, 0.5) is 14.9 Å². The molecule has 1 aromatic carbocycles. The number of aromatic nitrogens is 4. The second kappa shape index (κ2) is 9.13. The van der Waals surface area contributed by atoms with E-state index in [1.165, 1.54) is 36.0 Å². The molecule has 1 unspecified atom stereocenters. The number of ether oxygens (including phenoxy) is 1. The second-order valence-electron chi connectivity index (χ2n) is 6.77. The molecule has 1 atom stereocenters. The zero-order chi connectivity index (χ0) is 21.8. The second-order valence-corrected chi connectivity index (χ2v) is 7.71. The van der Waals surface area contributed by atoms with Gasteiger partial charge in [-0.2, -0.15) is 0 Å². The average molecular weight is 442 g/mol. The first-order chi connectivity index (χ1) is 15.0. The molecule has 11 heteroatoms. The fourth-order valence-corrected chi connectivity index (χ4v) is 3.81. The van der Waals surface area contributed by atoms with E-state index in [1.54, 1.807) is 41.4 Å². The lowest BCUT2D eigenvalue weighted by Gasteiger charge is -2.22. The third-order valence-electron chi connectivity index (χ3n) is 4.56. The van der Waals surface area contributed by atoms with Crippen LogP contribution in [0, 0.1) is 5.82 Å². The van der Waals surface area contributed by atoms with Crippen molar-refractivity contribution in [2.75, 3.05) is 18.1 Å². The summed E-state index contributed by atoms with van der Waals surface area (Å²) in [6.07, 6.45) is 6.03. The van der Waals surface area contributed by atoms with Crippen LogP contribution in [-0.4, -0.2) is 50.7 Å². The van der Waals surface area contributed by atoms with Gasteiger partial charge in [-0.15, -0.1) is 0 Å². The third kappa shape index (κ3) is 4.82. The number of benzene rings is 1. The van der Waals surface area contributed by atoms with E-state index < -0.39 is 18.0 Å². The van der Waals surface area contributed by atoms with Gasteiger partial charge in [0.05, 0.1) is 29.4 Å². The number of imidazole rings is 1. The summed E-state index contributed by atoms with van der Waals surface area (Å²) in [4.78, 5) is 37.3. The maximum atomic E-state index is 14.9. The van der Waals surface area contributed by atoms with Gasteiger partial charge in [-0.3, -0.25) is 9.69 Å². The van der Waals surface area contributed by atoms with Crippen LogP contribution >= 0.6 is 11.8 Å². The number of rotatable bonds is 7. The molecule has 1 aliphatic heterocycles. The number of anilines is 1. The number of halogens is 1. The normalized spacial score (nSPS) is 15.7. The summed E-state index contributed by atoms with van der Waals surface area (Å²) >= 11 is 1.43. The van der Waals surface area contributed by atoms with Gasteiger partial charge >= 0.3 is 6.09 Å². The number of hydrogen-bond acceptors (Lipinski definition) is 7. The molecule has 1 N–H and O–H groups in total. The van der Waals surface area contributed by atoms with Crippen LogP contribution in [0.2, 0.25) is 0 Å². The highest BCUT2D eigenvalue weighted by Crippen LogP contribution is 2.27. The fraction of sp³-hybridized carbons (Fsp3) is 0.250. The van der Waals surface area contributed by atoms with E-state index in [0.29, 0.717) is 22.3 Å². The summed E-state index contributed by atoms with van der Waals surface area (Å²) < 4.78 is 21.5. The topological polar surface area (TPSA) is 102 Å². The van der Waals surface area contributed by atoms with E-state index in [9.17, 15) is 14.0 Å². The van der Waals surface area contributed by atoms with E-state index in [2.05, 4.69) is 20.3 Å². The first kappa shape index (κ1) is 20.8. The Bertz CT molecular complexity index is 1090. The van der Waals surface area contributed by atoms with Gasteiger partial charge in [0.2, 0.25) is 5.91 Å². The molecule has 0 saturated carbocycles. The standard InChI is InChI=1S/C20H19FN6O3S/c1-13(28)24-8-16-10-30-20(29)27(16)15-3-4-18(17(21)7-15)26-9-14(25-12-26)11-31-19-22-5-2-6-23-19/h2-7,9,12,16H,8,10-11H2,1H3,(H,24,28). The molecule has 3 aromatic rings. The number of cyclic esters (lactones) is 1. The van der Waals surface area contributed by atoms with Crippen molar-refractivity contribution >= 4 is 29.4 Å². The van der Waals surface area contributed by atoms with Crippen molar-refractivity contribution in [1.82, 2.24) is 24.8 Å². The highest BCUT2D eigenvalue weighted by atomic mass is 32.2. The molecule has 1 fully saturated rings. The Morgan fingerprint density at radius 1 is 1.32 bits per heavy atom. The van der Waals surface area contributed by atoms with Crippen molar-refractivity contribution in [3.8, 4) is 5.69 Å². The Morgan fingerprint density at radius 2 is 2.13 bits per heavy atom.